The number of rotatable bonds is 7. The van der Waals surface area contributed by atoms with Gasteiger partial charge in [0, 0.05) is 6.54 Å². The molecule has 27 heavy (non-hydrogen) atoms. The van der Waals surface area contributed by atoms with Crippen molar-refractivity contribution in [2.45, 2.75) is 19.5 Å². The maximum Gasteiger partial charge on any atom is 0.234 e. The first kappa shape index (κ1) is 18.9. The van der Waals surface area contributed by atoms with Crippen molar-refractivity contribution in [2.24, 2.45) is 0 Å². The van der Waals surface area contributed by atoms with Crippen molar-refractivity contribution in [3.63, 3.8) is 0 Å². The molecule has 0 saturated heterocycles. The highest BCUT2D eigenvalue weighted by Gasteiger charge is 2.14. The van der Waals surface area contributed by atoms with Crippen molar-refractivity contribution in [2.75, 3.05) is 20.7 Å². The van der Waals surface area contributed by atoms with Crippen LogP contribution in [0, 0.1) is 0 Å². The number of methoxy groups -OCH3 is 1. The number of likely N-dealkylation sites (N-methyl/N-ethyl adjacent to an activating group) is 1. The molecular formula is C23H26N2O2. The van der Waals surface area contributed by atoms with Crippen LogP contribution in [-0.2, 0) is 11.3 Å². The monoisotopic (exact) mass is 362 g/mol. The molecule has 0 unspecified atom stereocenters. The Labute approximate surface area is 160 Å². The molecule has 0 spiro atoms. The summed E-state index contributed by atoms with van der Waals surface area (Å²) in [7, 11) is 3.60. The predicted molar refractivity (Wildman–Crippen MR) is 110 cm³/mol. The van der Waals surface area contributed by atoms with Gasteiger partial charge in [0.2, 0.25) is 5.91 Å². The lowest BCUT2D eigenvalue weighted by atomic mass is 10.00. The molecule has 3 rings (SSSR count). The van der Waals surface area contributed by atoms with Crippen molar-refractivity contribution in [3.8, 4) is 5.75 Å². The highest BCUT2D eigenvalue weighted by molar-refractivity contribution is 5.87. The first-order valence-corrected chi connectivity index (χ1v) is 9.15. The minimum absolute atomic E-state index is 0.0147. The summed E-state index contributed by atoms with van der Waals surface area (Å²) in [6.45, 7) is 3.06. The Hall–Kier alpha value is -2.85. The van der Waals surface area contributed by atoms with Gasteiger partial charge in [0.15, 0.2) is 0 Å². The number of benzene rings is 3. The van der Waals surface area contributed by atoms with Crippen LogP contribution in [-0.4, -0.2) is 31.5 Å². The van der Waals surface area contributed by atoms with Crippen LogP contribution < -0.4 is 10.1 Å². The lowest BCUT2D eigenvalue weighted by Crippen LogP contribution is -2.36. The quantitative estimate of drug-likeness (QED) is 0.686. The van der Waals surface area contributed by atoms with E-state index in [1.54, 1.807) is 7.11 Å². The van der Waals surface area contributed by atoms with Gasteiger partial charge in [-0.25, -0.2) is 0 Å². The summed E-state index contributed by atoms with van der Waals surface area (Å²) in [5.41, 5.74) is 2.25. The second kappa shape index (κ2) is 8.69. The molecule has 0 saturated carbocycles. The molecule has 4 nitrogen and oxygen atoms in total. The van der Waals surface area contributed by atoms with E-state index in [-0.39, 0.29) is 11.9 Å². The van der Waals surface area contributed by atoms with Crippen LogP contribution in [0.15, 0.2) is 66.7 Å². The SMILES string of the molecule is COc1cccc(CN(C)CC(=O)N[C@@H](C)c2cccc3ccccc23)c1. The second-order valence-electron chi connectivity index (χ2n) is 6.88. The number of ether oxygens (including phenoxy) is 1. The summed E-state index contributed by atoms with van der Waals surface area (Å²) in [5.74, 6) is 0.843. The minimum Gasteiger partial charge on any atom is -0.497 e. The Balaban J connectivity index is 1.61. The highest BCUT2D eigenvalue weighted by Crippen LogP contribution is 2.24. The average Bonchev–Trinajstić information content (AvgIpc) is 2.67. The van der Waals surface area contributed by atoms with Gasteiger partial charge in [-0.1, -0.05) is 54.6 Å². The molecule has 140 valence electrons. The molecule has 0 radical (unpaired) electrons. The fourth-order valence-electron chi connectivity index (χ4n) is 3.38. The van der Waals surface area contributed by atoms with Gasteiger partial charge in [-0.3, -0.25) is 9.69 Å². The van der Waals surface area contributed by atoms with Crippen molar-refractivity contribution in [3.05, 3.63) is 77.9 Å². The van der Waals surface area contributed by atoms with Crippen LogP contribution in [0.5, 0.6) is 5.75 Å². The summed E-state index contributed by atoms with van der Waals surface area (Å²) in [4.78, 5) is 14.5. The van der Waals surface area contributed by atoms with Crippen LogP contribution in [0.25, 0.3) is 10.8 Å². The number of hydrogen-bond acceptors (Lipinski definition) is 3. The molecule has 0 aromatic heterocycles. The van der Waals surface area contributed by atoms with Gasteiger partial charge in [0.25, 0.3) is 0 Å². The number of carbonyl (C=O) groups is 1. The van der Waals surface area contributed by atoms with Crippen molar-refractivity contribution in [1.29, 1.82) is 0 Å². The molecule has 3 aromatic carbocycles. The zero-order valence-corrected chi connectivity index (χ0v) is 16.1. The fraction of sp³-hybridized carbons (Fsp3) is 0.261. The van der Waals surface area contributed by atoms with Crippen molar-refractivity contribution >= 4 is 16.7 Å². The number of carbonyl (C=O) groups excluding carboxylic acids is 1. The zero-order valence-electron chi connectivity index (χ0n) is 16.1. The molecule has 4 heteroatoms. The van der Waals surface area contributed by atoms with E-state index >= 15 is 0 Å². The number of fused-ring (bicyclic) bond motifs is 1. The van der Waals surface area contributed by atoms with E-state index in [1.807, 2.05) is 61.3 Å². The predicted octanol–water partition coefficient (Wildman–Crippen LogP) is 4.16. The summed E-state index contributed by atoms with van der Waals surface area (Å²) < 4.78 is 5.26. The Bertz CT molecular complexity index is 918. The third-order valence-electron chi connectivity index (χ3n) is 4.67. The maximum atomic E-state index is 12.5. The van der Waals surface area contributed by atoms with Crippen LogP contribution >= 0.6 is 0 Å². The normalized spacial score (nSPS) is 12.1. The van der Waals surface area contributed by atoms with Gasteiger partial charge in [0.1, 0.15) is 5.75 Å². The van der Waals surface area contributed by atoms with Gasteiger partial charge < -0.3 is 10.1 Å². The van der Waals surface area contributed by atoms with Crippen LogP contribution in [0.4, 0.5) is 0 Å². The largest absolute Gasteiger partial charge is 0.497 e. The third kappa shape index (κ3) is 4.86. The standard InChI is InChI=1S/C23H26N2O2/c1-17(21-13-7-10-19-9-4-5-12-22(19)21)24-23(26)16-25(2)15-18-8-6-11-20(14-18)27-3/h4-14,17H,15-16H2,1-3H3,(H,24,26)/t17-/m0/s1. The van der Waals surface area contributed by atoms with E-state index in [0.717, 1.165) is 16.9 Å². The molecule has 1 atom stereocenters. The zero-order chi connectivity index (χ0) is 19.2. The molecule has 0 fully saturated rings. The maximum absolute atomic E-state index is 12.5. The van der Waals surface area contributed by atoms with Crippen LogP contribution in [0.1, 0.15) is 24.1 Å². The molecule has 0 aliphatic heterocycles. The van der Waals surface area contributed by atoms with Gasteiger partial charge in [-0.15, -0.1) is 0 Å². The first-order chi connectivity index (χ1) is 13.1. The molecule has 0 bridgehead atoms. The molecule has 3 aromatic rings. The van der Waals surface area contributed by atoms with Crippen LogP contribution in [0.3, 0.4) is 0 Å². The summed E-state index contributed by atoms with van der Waals surface area (Å²) in [5, 5.41) is 5.49. The average molecular weight is 362 g/mol. The number of hydrogen-bond donors (Lipinski definition) is 1. The Morgan fingerprint density at radius 1 is 1.07 bits per heavy atom. The van der Waals surface area contributed by atoms with E-state index in [1.165, 1.54) is 10.8 Å². The smallest absolute Gasteiger partial charge is 0.234 e. The van der Waals surface area contributed by atoms with Gasteiger partial charge in [-0.05, 0) is 48.0 Å². The van der Waals surface area contributed by atoms with Gasteiger partial charge >= 0.3 is 0 Å². The van der Waals surface area contributed by atoms with Gasteiger partial charge in [-0.2, -0.15) is 0 Å². The van der Waals surface area contributed by atoms with E-state index in [0.29, 0.717) is 13.1 Å². The van der Waals surface area contributed by atoms with E-state index < -0.39 is 0 Å². The second-order valence-corrected chi connectivity index (χ2v) is 6.88. The molecule has 0 aliphatic carbocycles. The minimum atomic E-state index is -0.0474. The third-order valence-corrected chi connectivity index (χ3v) is 4.67. The molecular weight excluding hydrogens is 336 g/mol. The Morgan fingerprint density at radius 3 is 2.63 bits per heavy atom. The van der Waals surface area contributed by atoms with E-state index in [4.69, 9.17) is 4.74 Å². The first-order valence-electron chi connectivity index (χ1n) is 9.15. The molecule has 0 aliphatic rings. The summed E-state index contributed by atoms with van der Waals surface area (Å²) in [6.07, 6.45) is 0. The van der Waals surface area contributed by atoms with Crippen molar-refractivity contribution in [1.82, 2.24) is 10.2 Å². The van der Waals surface area contributed by atoms with Gasteiger partial charge in [0.05, 0.1) is 19.7 Å². The molecule has 1 N–H and O–H groups in total. The number of amides is 1. The lowest BCUT2D eigenvalue weighted by molar-refractivity contribution is -0.122. The summed E-state index contributed by atoms with van der Waals surface area (Å²) >= 11 is 0. The van der Waals surface area contributed by atoms with Crippen LogP contribution in [0.2, 0.25) is 0 Å². The summed E-state index contributed by atoms with van der Waals surface area (Å²) in [6, 6.07) is 22.3. The Morgan fingerprint density at radius 2 is 1.81 bits per heavy atom. The van der Waals surface area contributed by atoms with E-state index in [2.05, 4.69) is 29.6 Å². The number of nitrogens with one attached hydrogen (secondary N) is 1. The molecule has 0 heterocycles. The van der Waals surface area contributed by atoms with Crippen molar-refractivity contribution < 1.29 is 9.53 Å². The highest BCUT2D eigenvalue weighted by atomic mass is 16.5. The topological polar surface area (TPSA) is 41.6 Å². The fourth-order valence-corrected chi connectivity index (χ4v) is 3.38. The lowest BCUT2D eigenvalue weighted by Gasteiger charge is -2.20. The Kier molecular flexibility index (Phi) is 6.09. The molecule has 1 amide bonds. The number of nitrogens with zero attached hydrogens (tertiary/aromatic N) is 1. The van der Waals surface area contributed by atoms with E-state index in [9.17, 15) is 4.79 Å².